The molecular weight excluding hydrogens is 374 g/mol. The van der Waals surface area contributed by atoms with Crippen molar-refractivity contribution >= 4 is 39.4 Å². The summed E-state index contributed by atoms with van der Waals surface area (Å²) in [5.74, 6) is 1.10. The lowest BCUT2D eigenvalue weighted by atomic mass is 10.3. The number of nitrogens with zero attached hydrogens (tertiary/aromatic N) is 4. The fraction of sp³-hybridized carbons (Fsp3) is 0.211. The molecule has 9 heteroatoms. The molecule has 3 aromatic heterocycles. The summed E-state index contributed by atoms with van der Waals surface area (Å²) in [7, 11) is 0. The lowest BCUT2D eigenvalue weighted by Crippen LogP contribution is -2.26. The fourth-order valence-electron chi connectivity index (χ4n) is 2.82. The molecule has 4 rings (SSSR count). The van der Waals surface area contributed by atoms with Gasteiger partial charge in [0, 0.05) is 29.7 Å². The molecule has 0 aliphatic carbocycles. The van der Waals surface area contributed by atoms with Crippen LogP contribution in [-0.2, 0) is 6.42 Å². The van der Waals surface area contributed by atoms with Gasteiger partial charge in [-0.25, -0.2) is 19.9 Å². The number of rotatable bonds is 6. The lowest BCUT2D eigenvalue weighted by Gasteiger charge is -2.03. The third-order valence-corrected chi connectivity index (χ3v) is 4.78. The number of imidazole rings is 1. The van der Waals surface area contributed by atoms with Crippen LogP contribution in [0.1, 0.15) is 27.7 Å². The number of benzene rings is 1. The smallest absolute Gasteiger partial charge is 0.270 e. The minimum atomic E-state index is -0.221. The SMILES string of the molecule is Cc1cc(C)nc(Nc2nc(C(=O)NCCc3nc4ccccc4[nH]3)cs2)n1. The van der Waals surface area contributed by atoms with E-state index in [-0.39, 0.29) is 5.91 Å². The summed E-state index contributed by atoms with van der Waals surface area (Å²) < 4.78 is 0. The molecule has 3 heterocycles. The van der Waals surface area contributed by atoms with Crippen molar-refractivity contribution in [1.82, 2.24) is 30.2 Å². The molecule has 0 saturated carbocycles. The minimum absolute atomic E-state index is 0.221. The van der Waals surface area contributed by atoms with Crippen molar-refractivity contribution in [2.45, 2.75) is 20.3 Å². The number of nitrogens with one attached hydrogen (secondary N) is 3. The molecule has 1 amide bonds. The van der Waals surface area contributed by atoms with Crippen molar-refractivity contribution in [3.8, 4) is 0 Å². The number of hydrogen-bond acceptors (Lipinski definition) is 7. The summed E-state index contributed by atoms with van der Waals surface area (Å²) in [6, 6.07) is 9.74. The van der Waals surface area contributed by atoms with Gasteiger partial charge in [0.25, 0.3) is 5.91 Å². The normalized spacial score (nSPS) is 10.9. The Kier molecular flexibility index (Phi) is 4.98. The molecule has 0 radical (unpaired) electrons. The molecule has 28 heavy (non-hydrogen) atoms. The van der Waals surface area contributed by atoms with E-state index in [9.17, 15) is 4.79 Å². The van der Waals surface area contributed by atoms with Gasteiger partial charge in [0.2, 0.25) is 5.95 Å². The minimum Gasteiger partial charge on any atom is -0.350 e. The molecule has 4 aromatic rings. The topological polar surface area (TPSA) is 108 Å². The van der Waals surface area contributed by atoms with Crippen LogP contribution < -0.4 is 10.6 Å². The van der Waals surface area contributed by atoms with Crippen LogP contribution in [0.2, 0.25) is 0 Å². The number of fused-ring (bicyclic) bond motifs is 1. The standard InChI is InChI=1S/C19H19N7OS/c1-11-9-12(2)22-18(21-11)26-19-25-15(10-28-19)17(27)20-8-7-16-23-13-5-3-4-6-14(13)24-16/h3-6,9-10H,7-8H2,1-2H3,(H,20,27)(H,23,24)(H,21,22,25,26). The van der Waals surface area contributed by atoms with Gasteiger partial charge in [0.1, 0.15) is 11.5 Å². The molecule has 0 unspecified atom stereocenters. The van der Waals surface area contributed by atoms with E-state index in [1.807, 2.05) is 44.2 Å². The first-order valence-electron chi connectivity index (χ1n) is 8.83. The maximum atomic E-state index is 12.3. The second-order valence-electron chi connectivity index (χ2n) is 6.34. The highest BCUT2D eigenvalue weighted by molar-refractivity contribution is 7.14. The Morgan fingerprint density at radius 3 is 2.68 bits per heavy atom. The molecule has 1 aromatic carbocycles. The average Bonchev–Trinajstić information content (AvgIpc) is 3.27. The first kappa shape index (κ1) is 18.1. The molecule has 8 nitrogen and oxygen atoms in total. The molecule has 0 fully saturated rings. The van der Waals surface area contributed by atoms with Crippen molar-refractivity contribution in [2.24, 2.45) is 0 Å². The summed E-state index contributed by atoms with van der Waals surface area (Å²) in [5, 5.41) is 8.21. The highest BCUT2D eigenvalue weighted by Gasteiger charge is 2.12. The van der Waals surface area contributed by atoms with Gasteiger partial charge in [-0.15, -0.1) is 11.3 Å². The maximum Gasteiger partial charge on any atom is 0.270 e. The van der Waals surface area contributed by atoms with Gasteiger partial charge in [0.05, 0.1) is 11.0 Å². The summed E-state index contributed by atoms with van der Waals surface area (Å²) >= 11 is 1.34. The number of para-hydroxylation sites is 2. The van der Waals surface area contributed by atoms with E-state index in [2.05, 4.69) is 35.6 Å². The molecule has 3 N–H and O–H groups in total. The highest BCUT2D eigenvalue weighted by atomic mass is 32.1. The predicted octanol–water partition coefficient (Wildman–Crippen LogP) is 3.14. The number of H-pyrrole nitrogens is 1. The second-order valence-corrected chi connectivity index (χ2v) is 7.20. The average molecular weight is 393 g/mol. The lowest BCUT2D eigenvalue weighted by molar-refractivity contribution is 0.0950. The van der Waals surface area contributed by atoms with Crippen molar-refractivity contribution in [1.29, 1.82) is 0 Å². The van der Waals surface area contributed by atoms with E-state index in [4.69, 9.17) is 0 Å². The van der Waals surface area contributed by atoms with E-state index in [1.165, 1.54) is 11.3 Å². The summed E-state index contributed by atoms with van der Waals surface area (Å²) in [6.45, 7) is 4.28. The van der Waals surface area contributed by atoms with Crippen LogP contribution in [0, 0.1) is 13.8 Å². The van der Waals surface area contributed by atoms with Crippen LogP contribution in [0.25, 0.3) is 11.0 Å². The zero-order valence-corrected chi connectivity index (χ0v) is 16.3. The number of carbonyl (C=O) groups is 1. The summed E-state index contributed by atoms with van der Waals surface area (Å²) in [4.78, 5) is 33.0. The monoisotopic (exact) mass is 393 g/mol. The first-order chi connectivity index (χ1) is 13.6. The van der Waals surface area contributed by atoms with Gasteiger partial charge >= 0.3 is 0 Å². The van der Waals surface area contributed by atoms with Gasteiger partial charge in [-0.05, 0) is 32.0 Å². The highest BCUT2D eigenvalue weighted by Crippen LogP contribution is 2.19. The number of aryl methyl sites for hydroxylation is 2. The van der Waals surface area contributed by atoms with Crippen LogP contribution in [-0.4, -0.2) is 37.4 Å². The number of hydrogen-bond donors (Lipinski definition) is 3. The Balaban J connectivity index is 1.33. The van der Waals surface area contributed by atoms with Crippen LogP contribution in [0.4, 0.5) is 11.1 Å². The summed E-state index contributed by atoms with van der Waals surface area (Å²) in [5.41, 5.74) is 4.02. The van der Waals surface area contributed by atoms with Gasteiger partial charge in [0.15, 0.2) is 5.13 Å². The Labute approximate surface area is 165 Å². The molecule has 0 aliphatic heterocycles. The molecule has 0 spiro atoms. The first-order valence-corrected chi connectivity index (χ1v) is 9.71. The third-order valence-electron chi connectivity index (χ3n) is 4.02. The number of aromatic amines is 1. The zero-order valence-electron chi connectivity index (χ0n) is 15.5. The Bertz CT molecular complexity index is 1080. The van der Waals surface area contributed by atoms with E-state index >= 15 is 0 Å². The van der Waals surface area contributed by atoms with E-state index in [0.717, 1.165) is 28.2 Å². The largest absolute Gasteiger partial charge is 0.350 e. The number of thiazole rings is 1. The Morgan fingerprint density at radius 2 is 1.89 bits per heavy atom. The Morgan fingerprint density at radius 1 is 1.11 bits per heavy atom. The third kappa shape index (κ3) is 4.15. The van der Waals surface area contributed by atoms with Crippen LogP contribution in [0.3, 0.4) is 0 Å². The fourth-order valence-corrected chi connectivity index (χ4v) is 3.51. The number of carbonyl (C=O) groups excluding carboxylic acids is 1. The molecule has 142 valence electrons. The van der Waals surface area contributed by atoms with Crippen LogP contribution >= 0.6 is 11.3 Å². The maximum absolute atomic E-state index is 12.3. The van der Waals surface area contributed by atoms with Crippen molar-refractivity contribution in [3.63, 3.8) is 0 Å². The van der Waals surface area contributed by atoms with Crippen LogP contribution in [0.15, 0.2) is 35.7 Å². The second kappa shape index (κ2) is 7.73. The van der Waals surface area contributed by atoms with E-state index in [1.54, 1.807) is 5.38 Å². The number of aromatic nitrogens is 5. The van der Waals surface area contributed by atoms with Gasteiger partial charge in [-0.2, -0.15) is 0 Å². The molecular formula is C19H19N7OS. The molecule has 0 aliphatic rings. The molecule has 0 atom stereocenters. The van der Waals surface area contributed by atoms with Crippen LogP contribution in [0.5, 0.6) is 0 Å². The zero-order chi connectivity index (χ0) is 19.5. The van der Waals surface area contributed by atoms with E-state index in [0.29, 0.717) is 29.7 Å². The van der Waals surface area contributed by atoms with Gasteiger partial charge < -0.3 is 15.6 Å². The van der Waals surface area contributed by atoms with Crippen molar-refractivity contribution in [3.05, 3.63) is 58.6 Å². The molecule has 0 bridgehead atoms. The number of anilines is 2. The molecule has 0 saturated heterocycles. The number of amides is 1. The van der Waals surface area contributed by atoms with Gasteiger partial charge in [-0.1, -0.05) is 12.1 Å². The van der Waals surface area contributed by atoms with Gasteiger partial charge in [-0.3, -0.25) is 4.79 Å². The van der Waals surface area contributed by atoms with E-state index < -0.39 is 0 Å². The Hall–Kier alpha value is -3.33. The summed E-state index contributed by atoms with van der Waals surface area (Å²) in [6.07, 6.45) is 0.617. The predicted molar refractivity (Wildman–Crippen MR) is 109 cm³/mol. The van der Waals surface area contributed by atoms with Crippen molar-refractivity contribution in [2.75, 3.05) is 11.9 Å². The quantitative estimate of drug-likeness (QED) is 0.464. The van der Waals surface area contributed by atoms with Crippen molar-refractivity contribution < 1.29 is 4.79 Å².